The zero-order chi connectivity index (χ0) is 15.5. The first-order chi connectivity index (χ1) is 10.2. The summed E-state index contributed by atoms with van der Waals surface area (Å²) in [6.45, 7) is 4.81. The molecule has 0 radical (unpaired) electrons. The minimum atomic E-state index is -0.288. The molecular formula is C17H24O4. The Hall–Kier alpha value is -1.81. The first kappa shape index (κ1) is 17.2. The lowest BCUT2D eigenvalue weighted by Gasteiger charge is -2.12. The van der Waals surface area contributed by atoms with Gasteiger partial charge in [0.15, 0.2) is 0 Å². The number of rotatable bonds is 9. The molecule has 0 bridgehead atoms. The number of methoxy groups -OCH3 is 1. The van der Waals surface area contributed by atoms with Gasteiger partial charge in [0.2, 0.25) is 0 Å². The summed E-state index contributed by atoms with van der Waals surface area (Å²) in [6, 6.07) is 7.83. The van der Waals surface area contributed by atoms with Gasteiger partial charge in [0.25, 0.3) is 0 Å². The van der Waals surface area contributed by atoms with Crippen LogP contribution in [0.25, 0.3) is 0 Å². The van der Waals surface area contributed by atoms with E-state index in [-0.39, 0.29) is 12.1 Å². The van der Waals surface area contributed by atoms with Crippen molar-refractivity contribution in [2.45, 2.75) is 39.4 Å². The largest absolute Gasteiger partial charge is 0.497 e. The molecule has 21 heavy (non-hydrogen) atoms. The first-order valence-corrected chi connectivity index (χ1v) is 7.23. The van der Waals surface area contributed by atoms with Gasteiger partial charge in [0.1, 0.15) is 5.75 Å². The third-order valence-corrected chi connectivity index (χ3v) is 2.97. The molecule has 0 fully saturated rings. The Morgan fingerprint density at radius 3 is 2.62 bits per heavy atom. The first-order valence-electron chi connectivity index (χ1n) is 7.23. The lowest BCUT2D eigenvalue weighted by atomic mass is 10.2. The molecule has 0 heterocycles. The van der Waals surface area contributed by atoms with E-state index < -0.39 is 0 Å². The zero-order valence-electron chi connectivity index (χ0n) is 13.0. The highest BCUT2D eigenvalue weighted by molar-refractivity contribution is 5.81. The molecule has 1 aromatic carbocycles. The van der Waals surface area contributed by atoms with Gasteiger partial charge in [-0.1, -0.05) is 18.2 Å². The number of allylic oxidation sites excluding steroid dienone is 1. The van der Waals surface area contributed by atoms with Gasteiger partial charge in [-0.2, -0.15) is 0 Å². The number of benzene rings is 1. The van der Waals surface area contributed by atoms with Crippen LogP contribution in [-0.4, -0.2) is 25.8 Å². The van der Waals surface area contributed by atoms with Crippen LogP contribution < -0.4 is 4.74 Å². The van der Waals surface area contributed by atoms with Crippen LogP contribution in [0.3, 0.4) is 0 Å². The number of hydrogen-bond acceptors (Lipinski definition) is 4. The number of hydrogen-bond donors (Lipinski definition) is 0. The minimum absolute atomic E-state index is 0.138. The highest BCUT2D eigenvalue weighted by Crippen LogP contribution is 2.13. The van der Waals surface area contributed by atoms with Crippen molar-refractivity contribution in [3.8, 4) is 5.75 Å². The maximum atomic E-state index is 11.1. The summed E-state index contributed by atoms with van der Waals surface area (Å²) in [5.41, 5.74) is 1.12. The highest BCUT2D eigenvalue weighted by Gasteiger charge is 2.02. The lowest BCUT2D eigenvalue weighted by Crippen LogP contribution is -2.07. The Morgan fingerprint density at radius 2 is 2.00 bits per heavy atom. The lowest BCUT2D eigenvalue weighted by molar-refractivity contribution is -0.137. The van der Waals surface area contributed by atoms with Crippen molar-refractivity contribution in [1.82, 2.24) is 0 Å². The van der Waals surface area contributed by atoms with E-state index >= 15 is 0 Å². The molecule has 0 aliphatic carbocycles. The van der Waals surface area contributed by atoms with Crippen molar-refractivity contribution < 1.29 is 19.0 Å². The monoisotopic (exact) mass is 292 g/mol. The molecule has 116 valence electrons. The molecule has 1 rings (SSSR count). The summed E-state index contributed by atoms with van der Waals surface area (Å²) in [4.78, 5) is 11.1. The normalized spacial score (nSPS) is 12.3. The molecule has 0 aliphatic heterocycles. The Kier molecular flexibility index (Phi) is 8.21. The molecule has 0 spiro atoms. The van der Waals surface area contributed by atoms with E-state index in [1.807, 2.05) is 37.3 Å². The van der Waals surface area contributed by atoms with E-state index in [0.717, 1.165) is 24.2 Å². The summed E-state index contributed by atoms with van der Waals surface area (Å²) < 4.78 is 15.7. The standard InChI is InChI=1S/C17H24O4/c1-4-20-17(18)8-6-5-7-14(2)21-13-15-9-11-16(19-3)12-10-15/h6,8-12,14H,4-5,7,13H2,1-3H3/b8-6+/t14-/m0/s1. The van der Waals surface area contributed by atoms with Crippen molar-refractivity contribution in [3.63, 3.8) is 0 Å². The fourth-order valence-corrected chi connectivity index (χ4v) is 1.74. The summed E-state index contributed by atoms with van der Waals surface area (Å²) in [5, 5.41) is 0. The second-order valence-corrected chi connectivity index (χ2v) is 4.70. The molecule has 0 N–H and O–H groups in total. The van der Waals surface area contributed by atoms with E-state index in [9.17, 15) is 4.79 Å². The number of carbonyl (C=O) groups excluding carboxylic acids is 1. The van der Waals surface area contributed by atoms with Crippen LogP contribution in [0.4, 0.5) is 0 Å². The molecule has 1 aromatic rings. The Labute approximate surface area is 126 Å². The average molecular weight is 292 g/mol. The van der Waals surface area contributed by atoms with Gasteiger partial charge in [0.05, 0.1) is 26.4 Å². The molecule has 4 nitrogen and oxygen atoms in total. The fraction of sp³-hybridized carbons (Fsp3) is 0.471. The van der Waals surface area contributed by atoms with E-state index in [1.165, 1.54) is 6.08 Å². The number of ether oxygens (including phenoxy) is 3. The number of esters is 1. The third-order valence-electron chi connectivity index (χ3n) is 2.97. The van der Waals surface area contributed by atoms with Gasteiger partial charge in [0, 0.05) is 6.08 Å². The summed E-state index contributed by atoms with van der Waals surface area (Å²) >= 11 is 0. The van der Waals surface area contributed by atoms with Crippen molar-refractivity contribution in [1.29, 1.82) is 0 Å². The van der Waals surface area contributed by atoms with Crippen molar-refractivity contribution in [3.05, 3.63) is 42.0 Å². The molecule has 0 saturated carbocycles. The van der Waals surface area contributed by atoms with Gasteiger partial charge >= 0.3 is 5.97 Å². The van der Waals surface area contributed by atoms with Gasteiger partial charge in [-0.15, -0.1) is 0 Å². The Morgan fingerprint density at radius 1 is 1.29 bits per heavy atom. The van der Waals surface area contributed by atoms with Crippen molar-refractivity contribution >= 4 is 5.97 Å². The van der Waals surface area contributed by atoms with Gasteiger partial charge < -0.3 is 14.2 Å². The van der Waals surface area contributed by atoms with Gasteiger partial charge in [-0.05, 0) is 44.4 Å². The van der Waals surface area contributed by atoms with Crippen LogP contribution in [0.1, 0.15) is 32.3 Å². The van der Waals surface area contributed by atoms with Crippen LogP contribution in [0.5, 0.6) is 5.75 Å². The molecule has 0 saturated heterocycles. The zero-order valence-corrected chi connectivity index (χ0v) is 13.0. The maximum Gasteiger partial charge on any atom is 0.330 e. The quantitative estimate of drug-likeness (QED) is 0.516. The smallest absolute Gasteiger partial charge is 0.330 e. The fourth-order valence-electron chi connectivity index (χ4n) is 1.74. The van der Waals surface area contributed by atoms with Crippen LogP contribution in [0.15, 0.2) is 36.4 Å². The molecule has 0 amide bonds. The summed E-state index contributed by atoms with van der Waals surface area (Å²) in [5.74, 6) is 0.556. The Balaban J connectivity index is 2.21. The highest BCUT2D eigenvalue weighted by atomic mass is 16.5. The molecule has 0 aliphatic rings. The predicted octanol–water partition coefficient (Wildman–Crippen LogP) is 3.50. The second-order valence-electron chi connectivity index (χ2n) is 4.70. The topological polar surface area (TPSA) is 44.8 Å². The number of carbonyl (C=O) groups is 1. The molecule has 1 atom stereocenters. The molecule has 0 aromatic heterocycles. The van der Waals surface area contributed by atoms with Crippen LogP contribution in [0, 0.1) is 0 Å². The van der Waals surface area contributed by atoms with E-state index in [2.05, 4.69) is 0 Å². The summed E-state index contributed by atoms with van der Waals surface area (Å²) in [7, 11) is 1.65. The van der Waals surface area contributed by atoms with E-state index in [1.54, 1.807) is 14.0 Å². The van der Waals surface area contributed by atoms with Crippen LogP contribution >= 0.6 is 0 Å². The summed E-state index contributed by atoms with van der Waals surface area (Å²) in [6.07, 6.45) is 5.10. The van der Waals surface area contributed by atoms with Crippen LogP contribution in [0.2, 0.25) is 0 Å². The Bertz CT molecular complexity index is 437. The van der Waals surface area contributed by atoms with Crippen molar-refractivity contribution in [2.75, 3.05) is 13.7 Å². The minimum Gasteiger partial charge on any atom is -0.497 e. The van der Waals surface area contributed by atoms with Crippen molar-refractivity contribution in [2.24, 2.45) is 0 Å². The van der Waals surface area contributed by atoms with Gasteiger partial charge in [-0.25, -0.2) is 4.79 Å². The van der Waals surface area contributed by atoms with E-state index in [0.29, 0.717) is 13.2 Å². The maximum absolute atomic E-state index is 11.1. The molecule has 0 unspecified atom stereocenters. The van der Waals surface area contributed by atoms with Crippen LogP contribution in [-0.2, 0) is 20.9 Å². The SMILES string of the molecule is CCOC(=O)/C=C/CC[C@H](C)OCc1ccc(OC)cc1. The molecule has 4 heteroatoms. The third kappa shape index (κ3) is 7.51. The molecular weight excluding hydrogens is 268 g/mol. The predicted molar refractivity (Wildman–Crippen MR) is 82.3 cm³/mol. The second kappa shape index (κ2) is 10.00. The van der Waals surface area contributed by atoms with Gasteiger partial charge in [-0.3, -0.25) is 0 Å². The average Bonchev–Trinajstić information content (AvgIpc) is 2.50. The van der Waals surface area contributed by atoms with E-state index in [4.69, 9.17) is 14.2 Å².